The van der Waals surface area contributed by atoms with E-state index in [-0.39, 0.29) is 0 Å². The number of imidazole rings is 1. The van der Waals surface area contributed by atoms with Crippen molar-refractivity contribution in [2.75, 3.05) is 0 Å². The number of H-pyrrole nitrogens is 1. The van der Waals surface area contributed by atoms with Gasteiger partial charge in [0.15, 0.2) is 0 Å². The number of nitrogens with one attached hydrogen (secondary N) is 1. The summed E-state index contributed by atoms with van der Waals surface area (Å²) in [4.78, 5) is 7.92. The van der Waals surface area contributed by atoms with E-state index < -0.39 is 0 Å². The second-order valence-electron chi connectivity index (χ2n) is 4.64. The van der Waals surface area contributed by atoms with E-state index in [0.29, 0.717) is 10.0 Å². The first-order valence-corrected chi connectivity index (χ1v) is 6.73. The molecule has 2 aromatic carbocycles. The minimum atomic E-state index is 0.522. The van der Waals surface area contributed by atoms with Crippen molar-refractivity contribution in [3.8, 4) is 11.4 Å². The molecule has 4 heteroatoms. The zero-order valence-corrected chi connectivity index (χ0v) is 12.1. The predicted molar refractivity (Wildman–Crippen MR) is 81.0 cm³/mol. The zero-order chi connectivity index (χ0) is 13.6. The average Bonchev–Trinajstić information content (AvgIpc) is 2.72. The van der Waals surface area contributed by atoms with Crippen molar-refractivity contribution in [1.29, 1.82) is 0 Å². The van der Waals surface area contributed by atoms with Crippen LogP contribution in [0.25, 0.3) is 22.4 Å². The first-order valence-electron chi connectivity index (χ1n) is 5.97. The SMILES string of the molecule is Cc1cccc(C)c1-c1nc2cc(Cl)c(Cl)cc2[nH]1. The van der Waals surface area contributed by atoms with Crippen LogP contribution in [0.5, 0.6) is 0 Å². The van der Waals surface area contributed by atoms with Gasteiger partial charge in [-0.3, -0.25) is 0 Å². The van der Waals surface area contributed by atoms with Crippen LogP contribution in [0.2, 0.25) is 10.0 Å². The molecule has 0 unspecified atom stereocenters. The Kier molecular flexibility index (Phi) is 3.00. The van der Waals surface area contributed by atoms with Crippen LogP contribution in [-0.2, 0) is 0 Å². The lowest BCUT2D eigenvalue weighted by atomic mass is 10.0. The third kappa shape index (κ3) is 2.11. The standard InChI is InChI=1S/C15H12Cl2N2/c1-8-4-3-5-9(2)14(8)15-18-12-6-10(16)11(17)7-13(12)19-15/h3-7H,1-2H3,(H,18,19). The number of aryl methyl sites for hydroxylation is 2. The Labute approximate surface area is 121 Å². The maximum atomic E-state index is 6.03. The van der Waals surface area contributed by atoms with Gasteiger partial charge in [-0.2, -0.15) is 0 Å². The fraction of sp³-hybridized carbons (Fsp3) is 0.133. The molecule has 3 aromatic rings. The van der Waals surface area contributed by atoms with Crippen molar-refractivity contribution in [2.24, 2.45) is 0 Å². The summed E-state index contributed by atoms with van der Waals surface area (Å²) in [5.41, 5.74) is 5.23. The zero-order valence-electron chi connectivity index (χ0n) is 10.6. The summed E-state index contributed by atoms with van der Waals surface area (Å²) in [5, 5.41) is 1.06. The van der Waals surface area contributed by atoms with Crippen LogP contribution in [0, 0.1) is 13.8 Å². The highest BCUT2D eigenvalue weighted by Crippen LogP contribution is 2.30. The largest absolute Gasteiger partial charge is 0.338 e. The van der Waals surface area contributed by atoms with Crippen LogP contribution in [0.15, 0.2) is 30.3 Å². The molecule has 0 saturated carbocycles. The number of rotatable bonds is 1. The van der Waals surface area contributed by atoms with E-state index in [1.807, 2.05) is 12.1 Å². The molecule has 0 aliphatic carbocycles. The molecule has 19 heavy (non-hydrogen) atoms. The lowest BCUT2D eigenvalue weighted by Crippen LogP contribution is -1.89. The molecule has 0 aliphatic heterocycles. The summed E-state index contributed by atoms with van der Waals surface area (Å²) in [6.45, 7) is 4.16. The van der Waals surface area contributed by atoms with E-state index in [2.05, 4.69) is 35.9 Å². The van der Waals surface area contributed by atoms with Gasteiger partial charge in [-0.15, -0.1) is 0 Å². The Morgan fingerprint density at radius 3 is 2.32 bits per heavy atom. The van der Waals surface area contributed by atoms with Crippen molar-refractivity contribution in [3.05, 3.63) is 51.5 Å². The van der Waals surface area contributed by atoms with Gasteiger partial charge >= 0.3 is 0 Å². The summed E-state index contributed by atoms with van der Waals surface area (Å²) in [5.74, 6) is 0.851. The first kappa shape index (κ1) is 12.5. The molecule has 0 saturated heterocycles. The van der Waals surface area contributed by atoms with Crippen LogP contribution >= 0.6 is 23.2 Å². The second kappa shape index (κ2) is 4.55. The fourth-order valence-electron chi connectivity index (χ4n) is 2.31. The number of nitrogens with zero attached hydrogens (tertiary/aromatic N) is 1. The van der Waals surface area contributed by atoms with Gasteiger partial charge in [0, 0.05) is 5.56 Å². The van der Waals surface area contributed by atoms with Gasteiger partial charge in [0.2, 0.25) is 0 Å². The van der Waals surface area contributed by atoms with Crippen molar-refractivity contribution >= 4 is 34.2 Å². The minimum Gasteiger partial charge on any atom is -0.338 e. The predicted octanol–water partition coefficient (Wildman–Crippen LogP) is 5.15. The number of hydrogen-bond acceptors (Lipinski definition) is 1. The molecule has 3 rings (SSSR count). The summed E-state index contributed by atoms with van der Waals surface area (Å²) >= 11 is 12.0. The Balaban J connectivity index is 2.26. The van der Waals surface area contributed by atoms with Crippen LogP contribution in [0.4, 0.5) is 0 Å². The lowest BCUT2D eigenvalue weighted by molar-refractivity contribution is 1.27. The summed E-state index contributed by atoms with van der Waals surface area (Å²) in [6, 6.07) is 9.80. The highest BCUT2D eigenvalue weighted by atomic mass is 35.5. The molecular weight excluding hydrogens is 279 g/mol. The monoisotopic (exact) mass is 290 g/mol. The highest BCUT2D eigenvalue weighted by Gasteiger charge is 2.11. The Morgan fingerprint density at radius 1 is 1.00 bits per heavy atom. The van der Waals surface area contributed by atoms with Gasteiger partial charge in [-0.1, -0.05) is 41.4 Å². The molecule has 0 aliphatic rings. The van der Waals surface area contributed by atoms with Crippen molar-refractivity contribution < 1.29 is 0 Å². The highest BCUT2D eigenvalue weighted by molar-refractivity contribution is 6.42. The molecule has 0 radical (unpaired) electrons. The van der Waals surface area contributed by atoms with E-state index in [1.54, 1.807) is 6.07 Å². The van der Waals surface area contributed by atoms with Crippen molar-refractivity contribution in [1.82, 2.24) is 9.97 Å². The number of aromatic amines is 1. The Morgan fingerprint density at radius 2 is 1.63 bits per heavy atom. The van der Waals surface area contributed by atoms with E-state index in [9.17, 15) is 0 Å². The smallest absolute Gasteiger partial charge is 0.139 e. The molecule has 0 amide bonds. The molecule has 0 atom stereocenters. The Bertz CT molecular complexity index is 716. The van der Waals surface area contributed by atoms with E-state index >= 15 is 0 Å². The molecular formula is C15H12Cl2N2. The van der Waals surface area contributed by atoms with Crippen LogP contribution in [-0.4, -0.2) is 9.97 Å². The van der Waals surface area contributed by atoms with Gasteiger partial charge < -0.3 is 4.98 Å². The maximum Gasteiger partial charge on any atom is 0.139 e. The summed E-state index contributed by atoms with van der Waals surface area (Å²) < 4.78 is 0. The lowest BCUT2D eigenvalue weighted by Gasteiger charge is -2.05. The fourth-order valence-corrected chi connectivity index (χ4v) is 2.63. The normalized spacial score (nSPS) is 11.2. The molecule has 1 aromatic heterocycles. The average molecular weight is 291 g/mol. The number of benzene rings is 2. The topological polar surface area (TPSA) is 28.7 Å². The van der Waals surface area contributed by atoms with Crippen LogP contribution in [0.1, 0.15) is 11.1 Å². The summed E-state index contributed by atoms with van der Waals surface area (Å²) in [7, 11) is 0. The van der Waals surface area contributed by atoms with Crippen LogP contribution < -0.4 is 0 Å². The third-order valence-electron chi connectivity index (χ3n) is 3.24. The van der Waals surface area contributed by atoms with Crippen molar-refractivity contribution in [3.63, 3.8) is 0 Å². The number of hydrogen-bond donors (Lipinski definition) is 1. The number of aromatic nitrogens is 2. The van der Waals surface area contributed by atoms with Crippen LogP contribution in [0.3, 0.4) is 0 Å². The molecule has 1 N–H and O–H groups in total. The van der Waals surface area contributed by atoms with Gasteiger partial charge in [0.25, 0.3) is 0 Å². The number of halogens is 2. The summed E-state index contributed by atoms with van der Waals surface area (Å²) in [6.07, 6.45) is 0. The third-order valence-corrected chi connectivity index (χ3v) is 3.96. The van der Waals surface area contributed by atoms with Gasteiger partial charge in [0.1, 0.15) is 5.82 Å². The molecule has 0 bridgehead atoms. The second-order valence-corrected chi connectivity index (χ2v) is 5.45. The van der Waals surface area contributed by atoms with E-state index in [1.165, 1.54) is 11.1 Å². The first-order chi connectivity index (χ1) is 9.06. The van der Waals surface area contributed by atoms with Gasteiger partial charge in [-0.25, -0.2) is 4.98 Å². The molecule has 1 heterocycles. The Hall–Kier alpha value is -1.51. The maximum absolute atomic E-state index is 6.03. The van der Waals surface area contributed by atoms with E-state index in [4.69, 9.17) is 23.2 Å². The molecule has 0 fully saturated rings. The van der Waals surface area contributed by atoms with E-state index in [0.717, 1.165) is 22.4 Å². The molecule has 2 nitrogen and oxygen atoms in total. The molecule has 96 valence electrons. The van der Waals surface area contributed by atoms with Crippen molar-refractivity contribution in [2.45, 2.75) is 13.8 Å². The van der Waals surface area contributed by atoms with Gasteiger partial charge in [0.05, 0.1) is 21.1 Å². The van der Waals surface area contributed by atoms with Gasteiger partial charge in [-0.05, 0) is 37.1 Å². The molecule has 0 spiro atoms. The number of fused-ring (bicyclic) bond motifs is 1. The minimum absolute atomic E-state index is 0.522. The quantitative estimate of drug-likeness (QED) is 0.659.